The van der Waals surface area contributed by atoms with Crippen molar-refractivity contribution in [3.63, 3.8) is 0 Å². The van der Waals surface area contributed by atoms with E-state index in [4.69, 9.17) is 4.42 Å². The third-order valence-electron chi connectivity index (χ3n) is 4.63. The zero-order valence-electron chi connectivity index (χ0n) is 12.7. The number of alkyl halides is 1. The van der Waals surface area contributed by atoms with Crippen LogP contribution in [0.15, 0.2) is 40.9 Å². The van der Waals surface area contributed by atoms with E-state index >= 15 is 0 Å². The molecule has 1 heterocycles. The number of benzene rings is 1. The molecule has 1 aliphatic carbocycles. The van der Waals surface area contributed by atoms with E-state index in [0.717, 1.165) is 48.8 Å². The molecule has 1 N–H and O–H groups in total. The highest BCUT2D eigenvalue weighted by molar-refractivity contribution is 9.09. The van der Waals surface area contributed by atoms with Crippen molar-refractivity contribution in [3.05, 3.63) is 53.7 Å². The van der Waals surface area contributed by atoms with Crippen LogP contribution in [0.2, 0.25) is 0 Å². The molecule has 3 rings (SSSR count). The number of nitrogens with zero attached hydrogens (tertiary/aromatic N) is 1. The maximum Gasteiger partial charge on any atom is 0.231 e. The van der Waals surface area contributed by atoms with Crippen molar-refractivity contribution in [2.75, 3.05) is 5.33 Å². The molecular weight excluding hydrogens is 342 g/mol. The van der Waals surface area contributed by atoms with Crippen molar-refractivity contribution >= 4 is 15.9 Å². The fourth-order valence-electron chi connectivity index (χ4n) is 3.44. The molecule has 1 aromatic heterocycles. The van der Waals surface area contributed by atoms with E-state index in [1.165, 1.54) is 6.42 Å². The third-order valence-corrected chi connectivity index (χ3v) is 5.03. The van der Waals surface area contributed by atoms with Crippen LogP contribution >= 0.6 is 15.9 Å². The van der Waals surface area contributed by atoms with Gasteiger partial charge in [0.1, 0.15) is 5.76 Å². The SMILES string of the molecule is O[C@](c1ccccc1)(c1ncc(CCBr)o1)C1CCCCC1. The molecule has 118 valence electrons. The number of oxazole rings is 1. The second-order valence-corrected chi connectivity index (χ2v) is 6.83. The Morgan fingerprint density at radius 1 is 1.18 bits per heavy atom. The largest absolute Gasteiger partial charge is 0.442 e. The molecule has 1 atom stereocenters. The summed E-state index contributed by atoms with van der Waals surface area (Å²) in [7, 11) is 0. The zero-order valence-corrected chi connectivity index (χ0v) is 14.3. The van der Waals surface area contributed by atoms with Gasteiger partial charge in [-0.3, -0.25) is 0 Å². The van der Waals surface area contributed by atoms with Crippen molar-refractivity contribution in [2.45, 2.75) is 44.1 Å². The normalized spacial score (nSPS) is 19.0. The van der Waals surface area contributed by atoms with Crippen molar-refractivity contribution in [1.82, 2.24) is 4.98 Å². The Labute approximate surface area is 139 Å². The number of halogens is 1. The lowest BCUT2D eigenvalue weighted by atomic mass is 9.73. The van der Waals surface area contributed by atoms with Crippen LogP contribution in [0.1, 0.15) is 49.3 Å². The number of aliphatic hydroxyl groups is 1. The Balaban J connectivity index is 2.01. The Kier molecular flexibility index (Phi) is 4.99. The van der Waals surface area contributed by atoms with Crippen molar-refractivity contribution in [2.24, 2.45) is 5.92 Å². The summed E-state index contributed by atoms with van der Waals surface area (Å²) in [6, 6.07) is 9.85. The third kappa shape index (κ3) is 2.99. The molecule has 0 bridgehead atoms. The monoisotopic (exact) mass is 363 g/mol. The van der Waals surface area contributed by atoms with Gasteiger partial charge in [-0.25, -0.2) is 4.98 Å². The first kappa shape index (κ1) is 15.8. The maximum atomic E-state index is 11.6. The highest BCUT2D eigenvalue weighted by Crippen LogP contribution is 2.43. The molecule has 1 saturated carbocycles. The number of aromatic nitrogens is 1. The lowest BCUT2D eigenvalue weighted by Crippen LogP contribution is -2.38. The van der Waals surface area contributed by atoms with Gasteiger partial charge in [-0.2, -0.15) is 0 Å². The highest BCUT2D eigenvalue weighted by Gasteiger charge is 2.44. The smallest absolute Gasteiger partial charge is 0.231 e. The molecule has 3 nitrogen and oxygen atoms in total. The zero-order chi connectivity index (χ0) is 15.4. The lowest BCUT2D eigenvalue weighted by Gasteiger charge is -2.36. The summed E-state index contributed by atoms with van der Waals surface area (Å²) in [5.74, 6) is 1.43. The Morgan fingerprint density at radius 3 is 2.59 bits per heavy atom. The predicted octanol–water partition coefficient (Wildman–Crippen LogP) is 4.43. The fourth-order valence-corrected chi connectivity index (χ4v) is 3.83. The summed E-state index contributed by atoms with van der Waals surface area (Å²) >= 11 is 3.42. The summed E-state index contributed by atoms with van der Waals surface area (Å²) in [4.78, 5) is 4.42. The van der Waals surface area contributed by atoms with E-state index in [1.54, 1.807) is 6.20 Å². The average Bonchev–Trinajstić information content (AvgIpc) is 3.05. The number of hydrogen-bond acceptors (Lipinski definition) is 3. The summed E-state index contributed by atoms with van der Waals surface area (Å²) in [6.07, 6.45) is 8.13. The van der Waals surface area contributed by atoms with E-state index in [-0.39, 0.29) is 5.92 Å². The van der Waals surface area contributed by atoms with Crippen LogP contribution < -0.4 is 0 Å². The van der Waals surface area contributed by atoms with Crippen LogP contribution in [-0.2, 0) is 12.0 Å². The van der Waals surface area contributed by atoms with Gasteiger partial charge in [0.25, 0.3) is 0 Å². The Hall–Kier alpha value is -1.13. The second-order valence-electron chi connectivity index (χ2n) is 6.04. The van der Waals surface area contributed by atoms with Gasteiger partial charge in [-0.1, -0.05) is 65.5 Å². The van der Waals surface area contributed by atoms with Crippen LogP contribution in [0.3, 0.4) is 0 Å². The molecule has 1 fully saturated rings. The lowest BCUT2D eigenvalue weighted by molar-refractivity contribution is -0.0238. The van der Waals surface area contributed by atoms with Crippen molar-refractivity contribution < 1.29 is 9.52 Å². The average molecular weight is 364 g/mol. The molecule has 0 amide bonds. The number of hydrogen-bond donors (Lipinski definition) is 1. The minimum Gasteiger partial charge on any atom is -0.442 e. The first-order chi connectivity index (χ1) is 10.7. The van der Waals surface area contributed by atoms with Gasteiger partial charge < -0.3 is 9.52 Å². The van der Waals surface area contributed by atoms with Gasteiger partial charge in [0.05, 0.1) is 6.20 Å². The van der Waals surface area contributed by atoms with Gasteiger partial charge in [0, 0.05) is 17.7 Å². The molecule has 0 spiro atoms. The van der Waals surface area contributed by atoms with E-state index in [2.05, 4.69) is 20.9 Å². The van der Waals surface area contributed by atoms with Gasteiger partial charge in [-0.15, -0.1) is 0 Å². The summed E-state index contributed by atoms with van der Waals surface area (Å²) in [6.45, 7) is 0. The van der Waals surface area contributed by atoms with Crippen LogP contribution in [0.4, 0.5) is 0 Å². The first-order valence-electron chi connectivity index (χ1n) is 8.04. The molecule has 22 heavy (non-hydrogen) atoms. The summed E-state index contributed by atoms with van der Waals surface area (Å²) in [5.41, 5.74) is -0.235. The van der Waals surface area contributed by atoms with Gasteiger partial charge in [0.15, 0.2) is 5.60 Å². The topological polar surface area (TPSA) is 46.3 Å². The maximum absolute atomic E-state index is 11.6. The Bertz CT molecular complexity index is 592. The minimum atomic E-state index is -1.12. The fraction of sp³-hybridized carbons (Fsp3) is 0.500. The van der Waals surface area contributed by atoms with Crippen LogP contribution in [0.25, 0.3) is 0 Å². The standard InChI is InChI=1S/C18H22BrNO2/c19-12-11-16-13-20-17(22-16)18(21,14-7-3-1-4-8-14)15-9-5-2-6-10-15/h1,3-4,7-8,13,15,21H,2,5-6,9-12H2/t18-/m0/s1. The van der Waals surface area contributed by atoms with Gasteiger partial charge in [-0.05, 0) is 18.4 Å². The molecule has 0 unspecified atom stereocenters. The minimum absolute atomic E-state index is 0.166. The molecule has 2 aromatic rings. The number of aryl methyl sites for hydroxylation is 1. The van der Waals surface area contributed by atoms with Crippen LogP contribution in [0, 0.1) is 5.92 Å². The van der Waals surface area contributed by atoms with Crippen LogP contribution in [0.5, 0.6) is 0 Å². The van der Waals surface area contributed by atoms with Crippen molar-refractivity contribution in [3.8, 4) is 0 Å². The van der Waals surface area contributed by atoms with E-state index in [9.17, 15) is 5.11 Å². The molecule has 0 saturated heterocycles. The molecular formula is C18H22BrNO2. The molecule has 4 heteroatoms. The Morgan fingerprint density at radius 2 is 1.91 bits per heavy atom. The van der Waals surface area contributed by atoms with E-state index in [0.29, 0.717) is 5.89 Å². The second kappa shape index (κ2) is 6.97. The van der Waals surface area contributed by atoms with Crippen molar-refractivity contribution in [1.29, 1.82) is 0 Å². The first-order valence-corrected chi connectivity index (χ1v) is 9.16. The van der Waals surface area contributed by atoms with Crippen LogP contribution in [-0.4, -0.2) is 15.4 Å². The predicted molar refractivity (Wildman–Crippen MR) is 90.0 cm³/mol. The summed E-state index contributed by atoms with van der Waals surface area (Å²) < 4.78 is 5.91. The van der Waals surface area contributed by atoms with Gasteiger partial charge >= 0.3 is 0 Å². The molecule has 1 aromatic carbocycles. The van der Waals surface area contributed by atoms with E-state index in [1.807, 2.05) is 30.3 Å². The highest BCUT2D eigenvalue weighted by atomic mass is 79.9. The molecule has 1 aliphatic rings. The van der Waals surface area contributed by atoms with Gasteiger partial charge in [0.2, 0.25) is 5.89 Å². The molecule has 0 aliphatic heterocycles. The molecule has 0 radical (unpaired) electrons. The number of rotatable bonds is 5. The quantitative estimate of drug-likeness (QED) is 0.799. The summed E-state index contributed by atoms with van der Waals surface area (Å²) in [5, 5.41) is 12.4. The van der Waals surface area contributed by atoms with E-state index < -0.39 is 5.60 Å².